The maximum atomic E-state index is 12.8. The summed E-state index contributed by atoms with van der Waals surface area (Å²) >= 11 is 5.64. The lowest BCUT2D eigenvalue weighted by atomic mass is 9.95. The van der Waals surface area contributed by atoms with E-state index in [9.17, 15) is 4.79 Å². The number of thiocarbonyl (C=S) groups is 1. The predicted octanol–water partition coefficient (Wildman–Crippen LogP) is 4.27. The van der Waals surface area contributed by atoms with Gasteiger partial charge in [0.05, 0.1) is 18.2 Å². The van der Waals surface area contributed by atoms with Crippen molar-refractivity contribution >= 4 is 29.0 Å². The van der Waals surface area contributed by atoms with Crippen molar-refractivity contribution in [1.82, 2.24) is 5.32 Å². The van der Waals surface area contributed by atoms with Crippen LogP contribution in [0.25, 0.3) is 0 Å². The summed E-state index contributed by atoms with van der Waals surface area (Å²) in [6, 6.07) is 17.5. The fourth-order valence-electron chi connectivity index (χ4n) is 3.19. The number of hydrogen-bond acceptors (Lipinski definition) is 3. The van der Waals surface area contributed by atoms with E-state index < -0.39 is 0 Å². The minimum atomic E-state index is -0.330. The van der Waals surface area contributed by atoms with Gasteiger partial charge in [-0.15, -0.1) is 0 Å². The second-order valence-electron chi connectivity index (χ2n) is 6.19. The quantitative estimate of drug-likeness (QED) is 0.647. The van der Waals surface area contributed by atoms with Crippen LogP contribution in [0.3, 0.4) is 0 Å². The van der Waals surface area contributed by atoms with Crippen LogP contribution in [0.2, 0.25) is 0 Å². The molecule has 2 aromatic carbocycles. The van der Waals surface area contributed by atoms with E-state index in [0.29, 0.717) is 17.3 Å². The molecule has 1 aliphatic heterocycles. The van der Waals surface area contributed by atoms with Crippen molar-refractivity contribution < 1.29 is 9.53 Å². The van der Waals surface area contributed by atoms with E-state index in [1.807, 2.05) is 80.3 Å². The number of esters is 1. The minimum absolute atomic E-state index is 0.325. The highest BCUT2D eigenvalue weighted by Crippen LogP contribution is 2.34. The van der Waals surface area contributed by atoms with E-state index in [1.165, 1.54) is 0 Å². The molecule has 0 aromatic heterocycles. The summed E-state index contributed by atoms with van der Waals surface area (Å²) in [4.78, 5) is 14.6. The average Bonchev–Trinajstić information content (AvgIpc) is 2.62. The average molecular weight is 366 g/mol. The summed E-state index contributed by atoms with van der Waals surface area (Å²) in [6.07, 6.45) is 0. The molecule has 1 atom stereocenters. The van der Waals surface area contributed by atoms with Gasteiger partial charge in [0.15, 0.2) is 5.11 Å². The first-order chi connectivity index (χ1) is 12.5. The van der Waals surface area contributed by atoms with Gasteiger partial charge < -0.3 is 10.1 Å². The Morgan fingerprint density at radius 3 is 2.54 bits per heavy atom. The van der Waals surface area contributed by atoms with E-state index in [2.05, 4.69) is 5.32 Å². The smallest absolute Gasteiger partial charge is 0.338 e. The zero-order chi connectivity index (χ0) is 18.7. The number of anilines is 1. The van der Waals surface area contributed by atoms with Gasteiger partial charge in [0, 0.05) is 11.4 Å². The second-order valence-corrected chi connectivity index (χ2v) is 6.57. The molecule has 5 heteroatoms. The SMILES string of the molecule is CCOC(=O)C1=C(C)N(c2cccc(C)c2)C(=S)N[C@H]1c1ccccc1. The molecule has 0 saturated heterocycles. The van der Waals surface area contributed by atoms with Gasteiger partial charge in [-0.25, -0.2) is 4.79 Å². The van der Waals surface area contributed by atoms with Crippen LogP contribution in [0.1, 0.15) is 31.0 Å². The number of carbonyl (C=O) groups excluding carboxylic acids is 1. The van der Waals surface area contributed by atoms with Crippen molar-refractivity contribution in [3.8, 4) is 0 Å². The summed E-state index contributed by atoms with van der Waals surface area (Å²) in [7, 11) is 0. The van der Waals surface area contributed by atoms with Crippen LogP contribution in [0, 0.1) is 6.92 Å². The van der Waals surface area contributed by atoms with Crippen LogP contribution in [0.5, 0.6) is 0 Å². The number of nitrogens with one attached hydrogen (secondary N) is 1. The van der Waals surface area contributed by atoms with Gasteiger partial charge in [0.2, 0.25) is 0 Å². The molecule has 0 bridgehead atoms. The Morgan fingerprint density at radius 2 is 1.88 bits per heavy atom. The van der Waals surface area contributed by atoms with Crippen LogP contribution < -0.4 is 10.2 Å². The molecule has 0 aliphatic carbocycles. The highest BCUT2D eigenvalue weighted by Gasteiger charge is 2.35. The third-order valence-corrected chi connectivity index (χ3v) is 4.67. The van der Waals surface area contributed by atoms with E-state index >= 15 is 0 Å². The lowest BCUT2D eigenvalue weighted by Gasteiger charge is -2.37. The summed E-state index contributed by atoms with van der Waals surface area (Å²) in [5.74, 6) is -0.327. The third-order valence-electron chi connectivity index (χ3n) is 4.37. The molecule has 1 N–H and O–H groups in total. The molecule has 4 nitrogen and oxygen atoms in total. The van der Waals surface area contributed by atoms with Crippen LogP contribution in [-0.4, -0.2) is 17.7 Å². The van der Waals surface area contributed by atoms with Crippen LogP contribution in [-0.2, 0) is 9.53 Å². The number of rotatable bonds is 4. The zero-order valence-electron chi connectivity index (χ0n) is 15.2. The highest BCUT2D eigenvalue weighted by atomic mass is 32.1. The standard InChI is InChI=1S/C21H22N2O2S/c1-4-25-20(24)18-15(3)23(17-12-8-9-14(2)13-17)21(26)22-19(18)16-10-6-5-7-11-16/h5-13,19H,4H2,1-3H3,(H,22,26)/t19-/m0/s1. The van der Waals surface area contributed by atoms with E-state index in [-0.39, 0.29) is 12.0 Å². The van der Waals surface area contributed by atoms with Crippen molar-refractivity contribution in [2.24, 2.45) is 0 Å². The van der Waals surface area contributed by atoms with Crippen LogP contribution >= 0.6 is 12.2 Å². The van der Waals surface area contributed by atoms with Gasteiger partial charge in [0.25, 0.3) is 0 Å². The molecule has 0 saturated carbocycles. The number of carbonyl (C=O) groups is 1. The largest absolute Gasteiger partial charge is 0.463 e. The summed E-state index contributed by atoms with van der Waals surface area (Å²) in [5, 5.41) is 3.88. The maximum absolute atomic E-state index is 12.8. The van der Waals surface area contributed by atoms with Crippen LogP contribution in [0.15, 0.2) is 65.9 Å². The molecule has 26 heavy (non-hydrogen) atoms. The number of allylic oxidation sites excluding steroid dienone is 1. The fourth-order valence-corrected chi connectivity index (χ4v) is 3.55. The highest BCUT2D eigenvalue weighted by molar-refractivity contribution is 7.80. The molecule has 0 fully saturated rings. The lowest BCUT2D eigenvalue weighted by Crippen LogP contribution is -2.48. The molecule has 0 amide bonds. The predicted molar refractivity (Wildman–Crippen MR) is 108 cm³/mol. The number of aryl methyl sites for hydroxylation is 1. The first-order valence-electron chi connectivity index (χ1n) is 8.63. The minimum Gasteiger partial charge on any atom is -0.463 e. The van der Waals surface area contributed by atoms with Gasteiger partial charge in [-0.2, -0.15) is 0 Å². The summed E-state index contributed by atoms with van der Waals surface area (Å²) in [6.45, 7) is 6.08. The topological polar surface area (TPSA) is 41.6 Å². The molecular formula is C21H22N2O2S. The number of nitrogens with zero attached hydrogens (tertiary/aromatic N) is 1. The first kappa shape index (κ1) is 18.1. The number of benzene rings is 2. The fraction of sp³-hybridized carbons (Fsp3) is 0.238. The second kappa shape index (κ2) is 7.70. The van der Waals surface area contributed by atoms with Crippen LogP contribution in [0.4, 0.5) is 5.69 Å². The van der Waals surface area contributed by atoms with E-state index in [1.54, 1.807) is 0 Å². The number of ether oxygens (including phenoxy) is 1. The Labute approximate surface area is 159 Å². The van der Waals surface area contributed by atoms with Gasteiger partial charge in [-0.1, -0.05) is 42.5 Å². The molecule has 0 spiro atoms. The summed E-state index contributed by atoms with van der Waals surface area (Å²) < 4.78 is 5.34. The van der Waals surface area contributed by atoms with Crippen molar-refractivity contribution in [3.05, 3.63) is 77.0 Å². The normalized spacial score (nSPS) is 17.1. The Balaban J connectivity index is 2.13. The first-order valence-corrected chi connectivity index (χ1v) is 9.04. The Kier molecular flexibility index (Phi) is 5.38. The van der Waals surface area contributed by atoms with Gasteiger partial charge in [-0.3, -0.25) is 4.90 Å². The van der Waals surface area contributed by atoms with Gasteiger partial charge in [0.1, 0.15) is 0 Å². The van der Waals surface area contributed by atoms with E-state index in [0.717, 1.165) is 22.5 Å². The zero-order valence-corrected chi connectivity index (χ0v) is 16.0. The monoisotopic (exact) mass is 366 g/mol. The van der Waals surface area contributed by atoms with Crippen molar-refractivity contribution in [2.45, 2.75) is 26.8 Å². The van der Waals surface area contributed by atoms with Crippen molar-refractivity contribution in [2.75, 3.05) is 11.5 Å². The number of hydrogen-bond donors (Lipinski definition) is 1. The summed E-state index contributed by atoms with van der Waals surface area (Å²) in [5.41, 5.74) is 4.38. The van der Waals surface area contributed by atoms with Crippen molar-refractivity contribution in [1.29, 1.82) is 0 Å². The molecule has 1 heterocycles. The Morgan fingerprint density at radius 1 is 1.15 bits per heavy atom. The van der Waals surface area contributed by atoms with Crippen molar-refractivity contribution in [3.63, 3.8) is 0 Å². The Hall–Kier alpha value is -2.66. The van der Waals surface area contributed by atoms with Gasteiger partial charge >= 0.3 is 5.97 Å². The lowest BCUT2D eigenvalue weighted by molar-refractivity contribution is -0.139. The van der Waals surface area contributed by atoms with Gasteiger partial charge in [-0.05, 0) is 56.2 Å². The molecule has 0 unspecified atom stereocenters. The molecule has 3 rings (SSSR count). The molecular weight excluding hydrogens is 344 g/mol. The molecule has 134 valence electrons. The third kappa shape index (κ3) is 3.48. The Bertz CT molecular complexity index is 861. The molecule has 2 aromatic rings. The molecule has 1 aliphatic rings. The van der Waals surface area contributed by atoms with E-state index in [4.69, 9.17) is 17.0 Å². The maximum Gasteiger partial charge on any atom is 0.338 e. The molecule has 0 radical (unpaired) electrons.